The molecule has 128 valence electrons. The minimum absolute atomic E-state index is 0.0793. The lowest BCUT2D eigenvalue weighted by atomic mass is 9.94. The Hall–Kier alpha value is -1.73. The highest BCUT2D eigenvalue weighted by Gasteiger charge is 2.22. The molecule has 1 heterocycles. The van der Waals surface area contributed by atoms with Crippen molar-refractivity contribution in [2.24, 2.45) is 0 Å². The number of rotatable bonds is 7. The number of aromatic nitrogens is 1. The molecule has 23 heavy (non-hydrogen) atoms. The number of aliphatic hydroxyl groups excluding tert-OH is 1. The van der Waals surface area contributed by atoms with E-state index in [1.807, 2.05) is 0 Å². The van der Waals surface area contributed by atoms with Gasteiger partial charge in [0.1, 0.15) is 0 Å². The summed E-state index contributed by atoms with van der Waals surface area (Å²) in [7, 11) is 0. The molecule has 7 heteroatoms. The van der Waals surface area contributed by atoms with Gasteiger partial charge in [0.2, 0.25) is 0 Å². The smallest absolute Gasteiger partial charge is 0.285 e. The third-order valence-electron chi connectivity index (χ3n) is 4.40. The van der Waals surface area contributed by atoms with Crippen LogP contribution in [0.5, 0.6) is 0 Å². The molecule has 2 rings (SSSR count). The Bertz CT molecular complexity index is 579. The third-order valence-corrected chi connectivity index (χ3v) is 4.40. The average Bonchev–Trinajstić information content (AvgIpc) is 2.53. The number of aliphatic hydroxyl groups is 1. The maximum atomic E-state index is 11.9. The summed E-state index contributed by atoms with van der Waals surface area (Å²) in [6, 6.07) is 2.89. The quantitative estimate of drug-likeness (QED) is 0.610. The molecule has 0 spiro atoms. The van der Waals surface area contributed by atoms with E-state index >= 15 is 0 Å². The van der Waals surface area contributed by atoms with Crippen molar-refractivity contribution in [3.63, 3.8) is 0 Å². The zero-order valence-corrected chi connectivity index (χ0v) is 13.6. The fraction of sp³-hybridized carbons (Fsp3) is 0.688. The lowest BCUT2D eigenvalue weighted by molar-refractivity contribution is -0.385. The SMILES string of the molecule is CC(O)CN(CCn1cc([N+](=O)[O-])ccc1=O)C1CCCCC1. The lowest BCUT2D eigenvalue weighted by Crippen LogP contribution is -2.43. The van der Waals surface area contributed by atoms with Crippen molar-refractivity contribution in [2.45, 2.75) is 57.7 Å². The first-order valence-electron chi connectivity index (χ1n) is 8.24. The zero-order valence-electron chi connectivity index (χ0n) is 13.6. The van der Waals surface area contributed by atoms with E-state index < -0.39 is 11.0 Å². The van der Waals surface area contributed by atoms with Crippen LogP contribution in [0.25, 0.3) is 0 Å². The van der Waals surface area contributed by atoms with Crippen molar-refractivity contribution >= 4 is 5.69 Å². The first-order valence-corrected chi connectivity index (χ1v) is 8.24. The highest BCUT2D eigenvalue weighted by Crippen LogP contribution is 2.22. The van der Waals surface area contributed by atoms with Gasteiger partial charge in [0, 0.05) is 37.8 Å². The van der Waals surface area contributed by atoms with Crippen LogP contribution in [0.4, 0.5) is 5.69 Å². The van der Waals surface area contributed by atoms with E-state index in [0.717, 1.165) is 12.8 Å². The summed E-state index contributed by atoms with van der Waals surface area (Å²) in [4.78, 5) is 24.4. The highest BCUT2D eigenvalue weighted by atomic mass is 16.6. The van der Waals surface area contributed by atoms with Crippen molar-refractivity contribution < 1.29 is 10.0 Å². The molecule has 1 aromatic rings. The van der Waals surface area contributed by atoms with E-state index in [-0.39, 0.29) is 11.2 Å². The Morgan fingerprint density at radius 3 is 2.70 bits per heavy atom. The molecule has 0 saturated heterocycles. The van der Waals surface area contributed by atoms with Gasteiger partial charge in [0.15, 0.2) is 0 Å². The Kier molecular flexibility index (Phi) is 6.29. The van der Waals surface area contributed by atoms with Crippen LogP contribution in [0.1, 0.15) is 39.0 Å². The van der Waals surface area contributed by atoms with Gasteiger partial charge in [0.05, 0.1) is 17.2 Å². The molecule has 1 aliphatic rings. The van der Waals surface area contributed by atoms with Crippen LogP contribution in [0.15, 0.2) is 23.1 Å². The topological polar surface area (TPSA) is 88.6 Å². The molecular weight excluding hydrogens is 298 g/mol. The predicted octanol–water partition coefficient (Wildman–Crippen LogP) is 1.77. The Morgan fingerprint density at radius 2 is 2.09 bits per heavy atom. The van der Waals surface area contributed by atoms with E-state index in [0.29, 0.717) is 25.7 Å². The van der Waals surface area contributed by atoms with Gasteiger partial charge in [-0.15, -0.1) is 0 Å². The normalized spacial score (nSPS) is 17.3. The molecule has 1 aliphatic carbocycles. The van der Waals surface area contributed by atoms with E-state index in [2.05, 4.69) is 4.90 Å². The fourth-order valence-electron chi connectivity index (χ4n) is 3.25. The number of hydrogen-bond acceptors (Lipinski definition) is 5. The largest absolute Gasteiger partial charge is 0.392 e. The molecule has 1 fully saturated rings. The van der Waals surface area contributed by atoms with Crippen molar-refractivity contribution in [3.8, 4) is 0 Å². The van der Waals surface area contributed by atoms with Crippen molar-refractivity contribution in [2.75, 3.05) is 13.1 Å². The first-order chi connectivity index (χ1) is 11.0. The van der Waals surface area contributed by atoms with Gasteiger partial charge in [0.25, 0.3) is 11.2 Å². The van der Waals surface area contributed by atoms with Crippen LogP contribution in [0.3, 0.4) is 0 Å². The van der Waals surface area contributed by atoms with Gasteiger partial charge < -0.3 is 9.67 Å². The van der Waals surface area contributed by atoms with Gasteiger partial charge in [-0.2, -0.15) is 0 Å². The van der Waals surface area contributed by atoms with E-state index in [1.54, 1.807) is 6.92 Å². The second-order valence-corrected chi connectivity index (χ2v) is 6.31. The number of nitrogens with zero attached hydrogens (tertiary/aromatic N) is 3. The molecule has 0 amide bonds. The molecule has 0 aromatic carbocycles. The molecule has 1 atom stereocenters. The Labute approximate surface area is 135 Å². The fourth-order valence-corrected chi connectivity index (χ4v) is 3.25. The number of nitro groups is 1. The minimum Gasteiger partial charge on any atom is -0.392 e. The Morgan fingerprint density at radius 1 is 1.39 bits per heavy atom. The van der Waals surface area contributed by atoms with Crippen molar-refractivity contribution in [3.05, 3.63) is 38.8 Å². The number of hydrogen-bond donors (Lipinski definition) is 1. The van der Waals surface area contributed by atoms with Crippen LogP contribution in [-0.4, -0.2) is 44.7 Å². The summed E-state index contributed by atoms with van der Waals surface area (Å²) in [5.41, 5.74) is -0.319. The van der Waals surface area contributed by atoms with Gasteiger partial charge >= 0.3 is 0 Å². The van der Waals surface area contributed by atoms with E-state index in [1.165, 1.54) is 42.2 Å². The standard InChI is InChI=1S/C16H25N3O4/c1-13(20)11-17(14-5-3-2-4-6-14)9-10-18-12-15(19(22)23)7-8-16(18)21/h7-8,12-14,20H,2-6,9-11H2,1H3. The maximum Gasteiger partial charge on any atom is 0.285 e. The van der Waals surface area contributed by atoms with Gasteiger partial charge in [-0.05, 0) is 19.8 Å². The number of pyridine rings is 1. The first kappa shape index (κ1) is 17.6. The van der Waals surface area contributed by atoms with Gasteiger partial charge in [-0.3, -0.25) is 19.8 Å². The molecule has 1 N–H and O–H groups in total. The molecule has 1 aromatic heterocycles. The average molecular weight is 323 g/mol. The monoisotopic (exact) mass is 323 g/mol. The summed E-state index contributed by atoms with van der Waals surface area (Å²) in [6.45, 7) is 3.32. The van der Waals surface area contributed by atoms with Crippen LogP contribution in [0.2, 0.25) is 0 Å². The summed E-state index contributed by atoms with van der Waals surface area (Å²) in [5.74, 6) is 0. The Balaban J connectivity index is 2.06. The third kappa shape index (κ3) is 5.14. The highest BCUT2D eigenvalue weighted by molar-refractivity contribution is 5.24. The summed E-state index contributed by atoms with van der Waals surface area (Å²) in [6.07, 6.45) is 6.72. The van der Waals surface area contributed by atoms with Crippen LogP contribution in [0, 0.1) is 10.1 Å². The molecule has 0 aliphatic heterocycles. The van der Waals surface area contributed by atoms with Crippen molar-refractivity contribution in [1.29, 1.82) is 0 Å². The molecule has 1 unspecified atom stereocenters. The predicted molar refractivity (Wildman–Crippen MR) is 87.5 cm³/mol. The van der Waals surface area contributed by atoms with E-state index in [4.69, 9.17) is 0 Å². The summed E-state index contributed by atoms with van der Waals surface area (Å²) >= 11 is 0. The lowest BCUT2D eigenvalue weighted by Gasteiger charge is -2.35. The molecule has 0 bridgehead atoms. The maximum absolute atomic E-state index is 11.9. The van der Waals surface area contributed by atoms with Crippen LogP contribution in [-0.2, 0) is 6.54 Å². The minimum atomic E-state index is -0.495. The van der Waals surface area contributed by atoms with Crippen LogP contribution < -0.4 is 5.56 Å². The summed E-state index contributed by atoms with van der Waals surface area (Å²) in [5, 5.41) is 20.6. The second kappa shape index (κ2) is 8.21. The molecule has 0 radical (unpaired) electrons. The molecular formula is C16H25N3O4. The van der Waals surface area contributed by atoms with Gasteiger partial charge in [-0.1, -0.05) is 19.3 Å². The van der Waals surface area contributed by atoms with Crippen LogP contribution >= 0.6 is 0 Å². The summed E-state index contributed by atoms with van der Waals surface area (Å²) < 4.78 is 1.38. The molecule has 7 nitrogen and oxygen atoms in total. The van der Waals surface area contributed by atoms with E-state index in [9.17, 15) is 20.0 Å². The van der Waals surface area contributed by atoms with Gasteiger partial charge in [-0.25, -0.2) is 0 Å². The van der Waals surface area contributed by atoms with Crippen molar-refractivity contribution in [1.82, 2.24) is 9.47 Å². The molecule has 1 saturated carbocycles. The zero-order chi connectivity index (χ0) is 16.8. The second-order valence-electron chi connectivity index (χ2n) is 6.31.